The number of hydrogen-bond donors (Lipinski definition) is 0. The first-order chi connectivity index (χ1) is 6.42. The summed E-state index contributed by atoms with van der Waals surface area (Å²) in [6, 6.07) is 1.09. The maximum atomic E-state index is 11.8. The van der Waals surface area contributed by atoms with Crippen LogP contribution >= 0.6 is 23.2 Å². The first kappa shape index (κ1) is 11.4. The fraction of sp³-hybridized carbons (Fsp3) is 0.286. The summed E-state index contributed by atoms with van der Waals surface area (Å²) >= 11 is 10.8. The third-order valence-corrected chi connectivity index (χ3v) is 1.84. The molecule has 0 unspecified atom stereocenters. The second-order valence-electron chi connectivity index (χ2n) is 2.31. The fourth-order valence-electron chi connectivity index (χ4n) is 0.738. The van der Waals surface area contributed by atoms with Crippen molar-refractivity contribution in [1.82, 2.24) is 4.98 Å². The van der Waals surface area contributed by atoms with Crippen molar-refractivity contribution in [3.8, 4) is 5.75 Å². The van der Waals surface area contributed by atoms with Gasteiger partial charge >= 0.3 is 6.36 Å². The average Bonchev–Trinajstić information content (AvgIpc) is 2.06. The Morgan fingerprint density at radius 1 is 1.43 bits per heavy atom. The molecule has 0 fully saturated rings. The smallest absolute Gasteiger partial charge is 0.402 e. The molecule has 0 radical (unpaired) electrons. The molecule has 0 aliphatic carbocycles. The van der Waals surface area contributed by atoms with Gasteiger partial charge in [0.2, 0.25) is 0 Å². The largest absolute Gasteiger partial charge is 0.573 e. The number of rotatable bonds is 2. The Morgan fingerprint density at radius 2 is 2.07 bits per heavy atom. The van der Waals surface area contributed by atoms with Gasteiger partial charge in [-0.3, -0.25) is 0 Å². The highest BCUT2D eigenvalue weighted by Crippen LogP contribution is 2.29. The molecule has 1 rings (SSSR count). The van der Waals surface area contributed by atoms with E-state index in [2.05, 4.69) is 9.72 Å². The molecule has 0 aliphatic heterocycles. The molecule has 78 valence electrons. The van der Waals surface area contributed by atoms with Crippen LogP contribution in [-0.4, -0.2) is 11.3 Å². The normalized spacial score (nSPS) is 11.5. The van der Waals surface area contributed by atoms with Crippen LogP contribution in [0.1, 0.15) is 5.56 Å². The summed E-state index contributed by atoms with van der Waals surface area (Å²) in [5.74, 6) is -0.504. The topological polar surface area (TPSA) is 22.1 Å². The van der Waals surface area contributed by atoms with Crippen LogP contribution in [-0.2, 0) is 5.88 Å². The van der Waals surface area contributed by atoms with E-state index in [1.54, 1.807) is 0 Å². The summed E-state index contributed by atoms with van der Waals surface area (Å²) in [4.78, 5) is 3.49. The Balaban J connectivity index is 2.95. The quantitative estimate of drug-likeness (QED) is 0.589. The lowest BCUT2D eigenvalue weighted by atomic mass is 10.3. The number of aromatic nitrogens is 1. The second-order valence-corrected chi connectivity index (χ2v) is 2.94. The van der Waals surface area contributed by atoms with Crippen LogP contribution in [0.2, 0.25) is 5.15 Å². The van der Waals surface area contributed by atoms with Gasteiger partial charge < -0.3 is 4.74 Å². The Hall–Kier alpha value is -0.680. The van der Waals surface area contributed by atoms with Gasteiger partial charge in [-0.05, 0) is 11.6 Å². The highest BCUT2D eigenvalue weighted by Gasteiger charge is 2.32. The summed E-state index contributed by atoms with van der Waals surface area (Å²) in [6.07, 6.45) is -3.51. The maximum Gasteiger partial charge on any atom is 0.573 e. The van der Waals surface area contributed by atoms with Crippen molar-refractivity contribution in [1.29, 1.82) is 0 Å². The Bertz CT molecular complexity index is 329. The third kappa shape index (κ3) is 3.23. The van der Waals surface area contributed by atoms with Crippen molar-refractivity contribution in [3.63, 3.8) is 0 Å². The number of pyridine rings is 1. The minimum absolute atomic E-state index is 0.0401. The number of halogens is 5. The van der Waals surface area contributed by atoms with Crippen molar-refractivity contribution in [2.75, 3.05) is 0 Å². The van der Waals surface area contributed by atoms with Crippen molar-refractivity contribution in [3.05, 3.63) is 23.0 Å². The number of alkyl halides is 4. The molecular weight excluding hydrogens is 242 g/mol. The predicted molar refractivity (Wildman–Crippen MR) is 45.5 cm³/mol. The molecule has 0 aliphatic rings. The fourth-order valence-corrected chi connectivity index (χ4v) is 1.03. The highest BCUT2D eigenvalue weighted by molar-refractivity contribution is 6.30. The number of hydrogen-bond acceptors (Lipinski definition) is 2. The maximum absolute atomic E-state index is 11.8. The monoisotopic (exact) mass is 245 g/mol. The molecule has 0 atom stereocenters. The van der Waals surface area contributed by atoms with Crippen molar-refractivity contribution < 1.29 is 17.9 Å². The molecule has 0 spiro atoms. The highest BCUT2D eigenvalue weighted by atomic mass is 35.5. The Kier molecular flexibility index (Phi) is 3.44. The molecule has 1 heterocycles. The van der Waals surface area contributed by atoms with Crippen LogP contribution in [0.3, 0.4) is 0 Å². The molecule has 0 N–H and O–H groups in total. The lowest BCUT2D eigenvalue weighted by Gasteiger charge is -2.10. The van der Waals surface area contributed by atoms with Gasteiger partial charge in [-0.25, -0.2) is 4.98 Å². The summed E-state index contributed by atoms with van der Waals surface area (Å²) in [5.41, 5.74) is 0.398. The summed E-state index contributed by atoms with van der Waals surface area (Å²) < 4.78 is 39.1. The van der Waals surface area contributed by atoms with Gasteiger partial charge in [0.1, 0.15) is 0 Å². The molecule has 0 saturated carbocycles. The van der Waals surface area contributed by atoms with Crippen LogP contribution in [0.15, 0.2) is 12.3 Å². The summed E-state index contributed by atoms with van der Waals surface area (Å²) in [6.45, 7) is 0. The van der Waals surface area contributed by atoms with Crippen molar-refractivity contribution in [2.24, 2.45) is 0 Å². The van der Waals surface area contributed by atoms with Gasteiger partial charge in [-0.1, -0.05) is 11.6 Å². The molecule has 0 saturated heterocycles. The van der Waals surface area contributed by atoms with E-state index in [0.29, 0.717) is 5.56 Å². The van der Waals surface area contributed by atoms with Crippen LogP contribution in [0.4, 0.5) is 13.2 Å². The molecule has 1 aromatic heterocycles. The van der Waals surface area contributed by atoms with Crippen LogP contribution in [0, 0.1) is 0 Å². The molecule has 0 bridgehead atoms. The minimum atomic E-state index is -4.78. The number of ether oxygens (including phenoxy) is 1. The van der Waals surface area contributed by atoms with Crippen LogP contribution < -0.4 is 4.74 Å². The first-order valence-corrected chi connectivity index (χ1v) is 4.30. The van der Waals surface area contributed by atoms with E-state index in [-0.39, 0.29) is 11.0 Å². The SMILES string of the molecule is FC(F)(F)Oc1cc(CCl)cnc1Cl. The van der Waals surface area contributed by atoms with E-state index >= 15 is 0 Å². The molecule has 14 heavy (non-hydrogen) atoms. The standard InChI is InChI=1S/C7H4Cl2F3NO/c8-2-4-1-5(6(9)13-3-4)14-7(10,11)12/h1,3H,2H2. The summed E-state index contributed by atoms with van der Waals surface area (Å²) in [7, 11) is 0. The lowest BCUT2D eigenvalue weighted by Crippen LogP contribution is -2.17. The molecule has 0 aromatic carbocycles. The average molecular weight is 246 g/mol. The number of nitrogens with zero attached hydrogens (tertiary/aromatic N) is 1. The van der Waals surface area contributed by atoms with Gasteiger partial charge in [0.05, 0.1) is 0 Å². The zero-order valence-corrected chi connectivity index (χ0v) is 8.12. The van der Waals surface area contributed by atoms with Gasteiger partial charge in [0.15, 0.2) is 10.9 Å². The van der Waals surface area contributed by atoms with Gasteiger partial charge in [0.25, 0.3) is 0 Å². The van der Waals surface area contributed by atoms with Crippen LogP contribution in [0.5, 0.6) is 5.75 Å². The molecule has 2 nitrogen and oxygen atoms in total. The second kappa shape index (κ2) is 4.23. The minimum Gasteiger partial charge on any atom is -0.402 e. The van der Waals surface area contributed by atoms with Gasteiger partial charge in [-0.15, -0.1) is 24.8 Å². The van der Waals surface area contributed by atoms with Gasteiger partial charge in [0, 0.05) is 12.1 Å². The summed E-state index contributed by atoms with van der Waals surface area (Å²) in [5, 5.41) is -0.351. The van der Waals surface area contributed by atoms with Gasteiger partial charge in [-0.2, -0.15) is 0 Å². The lowest BCUT2D eigenvalue weighted by molar-refractivity contribution is -0.274. The Labute approximate surface area is 87.6 Å². The van der Waals surface area contributed by atoms with Crippen molar-refractivity contribution >= 4 is 23.2 Å². The van der Waals surface area contributed by atoms with E-state index in [1.807, 2.05) is 0 Å². The molecule has 0 amide bonds. The van der Waals surface area contributed by atoms with E-state index in [1.165, 1.54) is 6.20 Å². The first-order valence-electron chi connectivity index (χ1n) is 3.38. The predicted octanol–water partition coefficient (Wildman–Crippen LogP) is 3.37. The van der Waals surface area contributed by atoms with E-state index < -0.39 is 12.1 Å². The van der Waals surface area contributed by atoms with E-state index in [0.717, 1.165) is 6.07 Å². The zero-order chi connectivity index (χ0) is 10.8. The van der Waals surface area contributed by atoms with E-state index in [9.17, 15) is 13.2 Å². The molecule has 1 aromatic rings. The van der Waals surface area contributed by atoms with E-state index in [4.69, 9.17) is 23.2 Å². The molecule has 7 heteroatoms. The third-order valence-electron chi connectivity index (χ3n) is 1.24. The molecular formula is C7H4Cl2F3NO. The van der Waals surface area contributed by atoms with Crippen LogP contribution in [0.25, 0.3) is 0 Å². The zero-order valence-electron chi connectivity index (χ0n) is 6.61. The Morgan fingerprint density at radius 3 is 2.57 bits per heavy atom. The van der Waals surface area contributed by atoms with Crippen molar-refractivity contribution in [2.45, 2.75) is 12.2 Å².